The summed E-state index contributed by atoms with van der Waals surface area (Å²) in [5, 5.41) is -0.652. The molecule has 2 aliphatic rings. The molecule has 10 nitrogen and oxygen atoms in total. The highest BCUT2D eigenvalue weighted by atomic mass is 35.5. The minimum atomic E-state index is -4.44. The van der Waals surface area contributed by atoms with Gasteiger partial charge in [-0.15, -0.1) is 0 Å². The molecule has 6 rings (SSSR count). The average Bonchev–Trinajstić information content (AvgIpc) is 3.46. The molecule has 2 atom stereocenters. The molecule has 1 saturated heterocycles. The molecule has 3 heterocycles. The van der Waals surface area contributed by atoms with Crippen LogP contribution < -0.4 is 13.8 Å². The second-order valence-electron chi connectivity index (χ2n) is 10.9. The Morgan fingerprint density at radius 1 is 1.05 bits per heavy atom. The molecule has 230 valence electrons. The molecule has 4 aromatic rings. The highest BCUT2D eigenvalue weighted by Crippen LogP contribution is 2.54. The van der Waals surface area contributed by atoms with Crippen molar-refractivity contribution in [3.05, 3.63) is 95.2 Å². The highest BCUT2D eigenvalue weighted by molar-refractivity contribution is 7.86. The summed E-state index contributed by atoms with van der Waals surface area (Å²) >= 11 is 6.25. The zero-order chi connectivity index (χ0) is 31.3. The first-order valence-corrected chi connectivity index (χ1v) is 17.6. The van der Waals surface area contributed by atoms with E-state index in [2.05, 4.69) is 0 Å². The molecule has 0 amide bonds. The molecule has 1 fully saturated rings. The first-order chi connectivity index (χ1) is 20.9. The number of aryl methyl sites for hydroxylation is 1. The van der Waals surface area contributed by atoms with Gasteiger partial charge in [0.2, 0.25) is 11.0 Å². The van der Waals surface area contributed by atoms with E-state index in [1.807, 2.05) is 55.5 Å². The molecule has 2 N–H and O–H groups in total. The average molecular weight is 659 g/mol. The number of halogens is 1. The lowest BCUT2D eigenvalue weighted by Gasteiger charge is -2.45. The van der Waals surface area contributed by atoms with Gasteiger partial charge in [0.25, 0.3) is 15.6 Å². The number of hydrogen-bond donors (Lipinski definition) is 2. The number of ether oxygens (including phenoxy) is 1. The minimum Gasteiger partial charge on any atom is -0.406 e. The van der Waals surface area contributed by atoms with Crippen LogP contribution in [0, 0.1) is 0 Å². The topological polar surface area (TPSA) is 135 Å². The molecular formula is C31H31ClN2O8S2+2. The van der Waals surface area contributed by atoms with E-state index >= 15 is 0 Å². The first kappa shape index (κ1) is 30.5. The van der Waals surface area contributed by atoms with Crippen LogP contribution >= 0.6 is 11.6 Å². The maximum Gasteiger partial charge on any atom is 0.374 e. The van der Waals surface area contributed by atoms with Crippen molar-refractivity contribution in [1.82, 2.24) is 4.48 Å². The molecular weight excluding hydrogens is 628 g/mol. The van der Waals surface area contributed by atoms with Gasteiger partial charge in [0, 0.05) is 29.7 Å². The van der Waals surface area contributed by atoms with Gasteiger partial charge in [-0.25, -0.2) is 4.48 Å². The Hall–Kier alpha value is -3.52. The first-order valence-electron chi connectivity index (χ1n) is 14.1. The zero-order valence-electron chi connectivity index (χ0n) is 23.8. The Morgan fingerprint density at radius 2 is 1.82 bits per heavy atom. The van der Waals surface area contributed by atoms with E-state index in [1.54, 1.807) is 34.9 Å². The van der Waals surface area contributed by atoms with Crippen LogP contribution in [-0.2, 0) is 26.8 Å². The van der Waals surface area contributed by atoms with Gasteiger partial charge >= 0.3 is 21.9 Å². The van der Waals surface area contributed by atoms with Crippen LogP contribution in [0.15, 0.2) is 88.7 Å². The third-order valence-corrected chi connectivity index (χ3v) is 10.5. The predicted molar refractivity (Wildman–Crippen MR) is 168 cm³/mol. The van der Waals surface area contributed by atoms with Gasteiger partial charge < -0.3 is 9.15 Å². The predicted octanol–water partition coefficient (Wildman–Crippen LogP) is 5.97. The maximum absolute atomic E-state index is 12.6. The molecule has 0 bridgehead atoms. The summed E-state index contributed by atoms with van der Waals surface area (Å²) < 4.78 is 81.6. The normalized spacial score (nSPS) is 21.0. The minimum absolute atomic E-state index is 0.131. The summed E-state index contributed by atoms with van der Waals surface area (Å²) in [6.07, 6.45) is 4.47. The summed E-state index contributed by atoms with van der Waals surface area (Å²) in [5.41, 5.74) is 4.44. The van der Waals surface area contributed by atoms with Crippen LogP contribution in [0.1, 0.15) is 32.1 Å². The Balaban J connectivity index is 1.45. The standard InChI is InChI=1S/C31H29ClN2O8S2/c1-2-21(17-29-33(14-6-16-43(35,36)37)25-20-24(32)10-12-27(25)41-29)18-30-34(15-13-31(34)44(38,39)40)26-19-23(9-11-28(26)42-30)22-7-4-3-5-8-22/h3-5,7-12,17-20,31H,2,6,13-16H2,1H3/p+2/b21-17+,30-18?. The maximum atomic E-state index is 12.6. The quantitative estimate of drug-likeness (QED) is 0.128. The van der Waals surface area contributed by atoms with Gasteiger partial charge in [-0.05, 0) is 41.3 Å². The van der Waals surface area contributed by atoms with E-state index < -0.39 is 31.4 Å². The van der Waals surface area contributed by atoms with Crippen LogP contribution in [0.5, 0.6) is 5.75 Å². The third kappa shape index (κ3) is 5.69. The molecule has 0 aliphatic carbocycles. The SMILES string of the molecule is CC/C(C=C1Oc2ccc(-c3ccccc3)cc2[N+]12CCC2S(=O)(=O)O)=C\c1oc2ccc(Cl)cc2[n+]1CCCS(=O)(=O)O. The molecule has 2 aliphatic heterocycles. The van der Waals surface area contributed by atoms with Crippen LogP contribution in [0.3, 0.4) is 0 Å². The lowest BCUT2D eigenvalue weighted by atomic mass is 10.0. The van der Waals surface area contributed by atoms with Gasteiger partial charge in [-0.3, -0.25) is 9.11 Å². The van der Waals surface area contributed by atoms with Crippen LogP contribution in [-0.4, -0.2) is 43.6 Å². The summed E-state index contributed by atoms with van der Waals surface area (Å²) in [6.45, 7) is 2.57. The van der Waals surface area contributed by atoms with Crippen LogP contribution in [0.4, 0.5) is 5.69 Å². The van der Waals surface area contributed by atoms with E-state index in [0.29, 0.717) is 52.3 Å². The fourth-order valence-corrected chi connectivity index (χ4v) is 7.80. The largest absolute Gasteiger partial charge is 0.406 e. The Morgan fingerprint density at radius 3 is 2.48 bits per heavy atom. The van der Waals surface area contributed by atoms with Gasteiger partial charge in [-0.1, -0.05) is 54.9 Å². The van der Waals surface area contributed by atoms with Crippen LogP contribution in [0.2, 0.25) is 5.02 Å². The number of quaternary nitrogens is 1. The fourth-order valence-electron chi connectivity index (χ4n) is 5.96. The van der Waals surface area contributed by atoms with Gasteiger partial charge in [0.1, 0.15) is 0 Å². The zero-order valence-corrected chi connectivity index (χ0v) is 26.1. The molecule has 3 aromatic carbocycles. The molecule has 0 radical (unpaired) electrons. The van der Waals surface area contributed by atoms with E-state index in [1.165, 1.54) is 0 Å². The van der Waals surface area contributed by atoms with Gasteiger partial charge in [0.15, 0.2) is 18.0 Å². The Labute approximate surface area is 260 Å². The summed E-state index contributed by atoms with van der Waals surface area (Å²) in [6, 6.07) is 20.5. The molecule has 1 aromatic heterocycles. The number of fused-ring (bicyclic) bond motifs is 3. The second kappa shape index (κ2) is 11.4. The Bertz CT molecular complexity index is 2040. The number of benzene rings is 3. The third-order valence-electron chi connectivity index (χ3n) is 8.17. The van der Waals surface area contributed by atoms with Crippen molar-refractivity contribution in [3.8, 4) is 16.9 Å². The highest BCUT2D eigenvalue weighted by Gasteiger charge is 2.63. The monoisotopic (exact) mass is 658 g/mol. The van der Waals surface area contributed by atoms with Crippen molar-refractivity contribution >= 4 is 54.7 Å². The fraction of sp³-hybridized carbons (Fsp3) is 0.258. The lowest BCUT2D eigenvalue weighted by molar-refractivity contribution is -0.677. The van der Waals surface area contributed by atoms with E-state index in [9.17, 15) is 25.9 Å². The lowest BCUT2D eigenvalue weighted by Crippen LogP contribution is -2.67. The van der Waals surface area contributed by atoms with Gasteiger partial charge in [0.05, 0.1) is 24.8 Å². The Kier molecular flexibility index (Phi) is 7.93. The second-order valence-corrected chi connectivity index (χ2v) is 14.5. The number of aromatic nitrogens is 1. The van der Waals surface area contributed by atoms with Crippen molar-refractivity contribution in [3.63, 3.8) is 0 Å². The van der Waals surface area contributed by atoms with Gasteiger partial charge in [-0.2, -0.15) is 21.4 Å². The van der Waals surface area contributed by atoms with E-state index in [0.717, 1.165) is 16.7 Å². The number of allylic oxidation sites excluding steroid dienone is 2. The summed E-state index contributed by atoms with van der Waals surface area (Å²) in [4.78, 5) is 0. The number of nitrogens with zero attached hydrogens (tertiary/aromatic N) is 2. The smallest absolute Gasteiger partial charge is 0.374 e. The molecule has 1 spiro atoms. The molecule has 2 unspecified atom stereocenters. The van der Waals surface area contributed by atoms with Crippen molar-refractivity contribution in [1.29, 1.82) is 0 Å². The van der Waals surface area contributed by atoms with E-state index in [4.69, 9.17) is 20.8 Å². The number of rotatable bonds is 9. The van der Waals surface area contributed by atoms with Crippen molar-refractivity contribution in [2.45, 2.75) is 38.1 Å². The number of oxazole rings is 1. The van der Waals surface area contributed by atoms with Crippen molar-refractivity contribution in [2.75, 3.05) is 12.3 Å². The summed E-state index contributed by atoms with van der Waals surface area (Å²) in [7, 11) is -8.59. The molecule has 0 saturated carbocycles. The van der Waals surface area contributed by atoms with Crippen molar-refractivity contribution in [2.24, 2.45) is 0 Å². The van der Waals surface area contributed by atoms with Crippen LogP contribution in [0.25, 0.3) is 28.3 Å². The number of hydrogen-bond acceptors (Lipinski definition) is 6. The molecule has 44 heavy (non-hydrogen) atoms. The summed E-state index contributed by atoms with van der Waals surface area (Å²) in [5.74, 6) is 0.868. The molecule has 13 heteroatoms. The van der Waals surface area contributed by atoms with E-state index in [-0.39, 0.29) is 23.9 Å². The van der Waals surface area contributed by atoms with Crippen molar-refractivity contribution < 1.29 is 39.7 Å².